The fraction of sp³-hybridized carbons (Fsp3) is 0.208. The Kier molecular flexibility index (Phi) is 5.49. The van der Waals surface area contributed by atoms with Crippen LogP contribution in [0.3, 0.4) is 0 Å². The van der Waals surface area contributed by atoms with E-state index in [1.807, 2.05) is 30.3 Å². The number of carbonyl (C=O) groups excluding carboxylic acids is 1. The summed E-state index contributed by atoms with van der Waals surface area (Å²) in [6, 6.07) is 24.1. The van der Waals surface area contributed by atoms with E-state index in [2.05, 4.69) is 34.9 Å². The zero-order valence-electron chi connectivity index (χ0n) is 15.6. The molecule has 142 valence electrons. The molecule has 1 amide bonds. The summed E-state index contributed by atoms with van der Waals surface area (Å²) in [5.74, 6) is -0.413. The first kappa shape index (κ1) is 18.4. The molecule has 4 rings (SSSR count). The molecule has 0 saturated carbocycles. The smallest absolute Gasteiger partial charge is 0.287 e. The molecule has 1 aliphatic rings. The first-order valence-electron chi connectivity index (χ1n) is 9.75. The van der Waals surface area contributed by atoms with Crippen LogP contribution < -0.4 is 10.6 Å². The molecule has 3 aromatic rings. The number of aryl methyl sites for hydroxylation is 1. The van der Waals surface area contributed by atoms with Crippen LogP contribution in [-0.4, -0.2) is 5.91 Å². The van der Waals surface area contributed by atoms with Crippen molar-refractivity contribution in [3.05, 3.63) is 101 Å². The molecule has 3 nitrogen and oxygen atoms in total. The summed E-state index contributed by atoms with van der Waals surface area (Å²) in [5, 5.41) is 5.12. The van der Waals surface area contributed by atoms with Crippen molar-refractivity contribution in [3.63, 3.8) is 0 Å². The van der Waals surface area contributed by atoms with Gasteiger partial charge in [-0.3, -0.25) is 4.79 Å². The van der Waals surface area contributed by atoms with Crippen LogP contribution in [0, 0.1) is 5.82 Å². The highest BCUT2D eigenvalue weighted by Gasteiger charge is 2.31. The number of hydrogen-bond acceptors (Lipinski definition) is 1. The summed E-state index contributed by atoms with van der Waals surface area (Å²) in [6.45, 7) is 0. The van der Waals surface area contributed by atoms with E-state index in [-0.39, 0.29) is 23.8 Å². The molecule has 0 bridgehead atoms. The molecule has 0 aromatic heterocycles. The normalized spacial score (nSPS) is 16.8. The molecule has 0 radical (unpaired) electrons. The Hall–Kier alpha value is -2.98. The van der Waals surface area contributed by atoms with E-state index in [1.165, 1.54) is 23.3 Å². The average Bonchev–Trinajstić information content (AvgIpc) is 2.74. The molecule has 1 aliphatic carbocycles. The first-order valence-corrected chi connectivity index (χ1v) is 9.75. The number of benzene rings is 3. The fourth-order valence-corrected chi connectivity index (χ4v) is 3.99. The van der Waals surface area contributed by atoms with Crippen LogP contribution in [0.1, 0.15) is 41.6 Å². The van der Waals surface area contributed by atoms with Crippen LogP contribution in [0.5, 0.6) is 0 Å². The average molecular weight is 375 g/mol. The fourth-order valence-electron chi connectivity index (χ4n) is 3.99. The Morgan fingerprint density at radius 1 is 0.964 bits per heavy atom. The maximum absolute atomic E-state index is 13.2. The number of quaternary nitrogens is 1. The van der Waals surface area contributed by atoms with Crippen molar-refractivity contribution < 1.29 is 14.5 Å². The lowest BCUT2D eigenvalue weighted by Crippen LogP contribution is -2.88. The van der Waals surface area contributed by atoms with E-state index in [1.54, 1.807) is 12.1 Å². The SMILES string of the molecule is O=C(Nc1ccc(F)cc1)[C@@H]([NH2+][C@@H]1CCCc2ccccc21)c1ccccc1. The second-order valence-corrected chi connectivity index (χ2v) is 7.27. The Labute approximate surface area is 164 Å². The molecular formula is C24H24FN2O+. The second-order valence-electron chi connectivity index (χ2n) is 7.27. The second kappa shape index (κ2) is 8.36. The van der Waals surface area contributed by atoms with Gasteiger partial charge in [-0.1, -0.05) is 54.6 Å². The summed E-state index contributed by atoms with van der Waals surface area (Å²) >= 11 is 0. The minimum Gasteiger partial charge on any atom is -0.326 e. The molecule has 0 fully saturated rings. The molecule has 3 N–H and O–H groups in total. The third kappa shape index (κ3) is 4.12. The van der Waals surface area contributed by atoms with Gasteiger partial charge < -0.3 is 10.6 Å². The van der Waals surface area contributed by atoms with E-state index in [4.69, 9.17) is 0 Å². The van der Waals surface area contributed by atoms with Gasteiger partial charge in [0.1, 0.15) is 11.9 Å². The lowest BCUT2D eigenvalue weighted by molar-refractivity contribution is -0.723. The number of fused-ring (bicyclic) bond motifs is 1. The van der Waals surface area contributed by atoms with Crippen molar-refractivity contribution in [2.45, 2.75) is 31.3 Å². The predicted molar refractivity (Wildman–Crippen MR) is 108 cm³/mol. The Bertz CT molecular complexity index is 940. The highest BCUT2D eigenvalue weighted by Crippen LogP contribution is 2.28. The summed E-state index contributed by atoms with van der Waals surface area (Å²) in [6.07, 6.45) is 3.27. The van der Waals surface area contributed by atoms with Crippen molar-refractivity contribution in [2.75, 3.05) is 5.32 Å². The number of halogens is 1. The van der Waals surface area contributed by atoms with Crippen LogP contribution in [0.4, 0.5) is 10.1 Å². The van der Waals surface area contributed by atoms with Gasteiger partial charge in [0.05, 0.1) is 0 Å². The van der Waals surface area contributed by atoms with Gasteiger partial charge in [0.15, 0.2) is 6.04 Å². The zero-order chi connectivity index (χ0) is 19.3. The first-order chi connectivity index (χ1) is 13.7. The molecule has 0 aliphatic heterocycles. The van der Waals surface area contributed by atoms with Gasteiger partial charge in [0.2, 0.25) is 0 Å². The quantitative estimate of drug-likeness (QED) is 0.691. The van der Waals surface area contributed by atoms with Crippen LogP contribution in [0.25, 0.3) is 0 Å². The van der Waals surface area contributed by atoms with Crippen molar-refractivity contribution in [1.82, 2.24) is 0 Å². The lowest BCUT2D eigenvalue weighted by Gasteiger charge is -2.27. The van der Waals surface area contributed by atoms with Crippen molar-refractivity contribution in [1.29, 1.82) is 0 Å². The molecule has 4 heteroatoms. The van der Waals surface area contributed by atoms with Gasteiger partial charge in [-0.05, 0) is 42.7 Å². The Morgan fingerprint density at radius 3 is 2.46 bits per heavy atom. The third-order valence-corrected chi connectivity index (χ3v) is 5.39. The third-order valence-electron chi connectivity index (χ3n) is 5.39. The predicted octanol–water partition coefficient (Wildman–Crippen LogP) is 4.15. The molecule has 28 heavy (non-hydrogen) atoms. The number of nitrogens with one attached hydrogen (secondary N) is 1. The number of hydrogen-bond donors (Lipinski definition) is 2. The molecule has 0 spiro atoms. The lowest BCUT2D eigenvalue weighted by atomic mass is 9.87. The van der Waals surface area contributed by atoms with E-state index in [9.17, 15) is 9.18 Å². The van der Waals surface area contributed by atoms with Crippen LogP contribution in [0.2, 0.25) is 0 Å². The maximum Gasteiger partial charge on any atom is 0.287 e. The minimum absolute atomic E-state index is 0.0964. The number of anilines is 1. The monoisotopic (exact) mass is 375 g/mol. The number of carbonyl (C=O) groups is 1. The molecule has 0 heterocycles. The Balaban J connectivity index is 1.60. The van der Waals surface area contributed by atoms with Crippen molar-refractivity contribution >= 4 is 11.6 Å². The molecular weight excluding hydrogens is 351 g/mol. The Morgan fingerprint density at radius 2 is 1.68 bits per heavy atom. The summed E-state index contributed by atoms with van der Waals surface area (Å²) in [4.78, 5) is 13.1. The van der Waals surface area contributed by atoms with Crippen molar-refractivity contribution in [2.24, 2.45) is 0 Å². The highest BCUT2D eigenvalue weighted by molar-refractivity contribution is 5.94. The minimum atomic E-state index is -0.373. The molecule has 2 atom stereocenters. The van der Waals surface area contributed by atoms with Gasteiger partial charge in [-0.2, -0.15) is 0 Å². The summed E-state index contributed by atoms with van der Waals surface area (Å²) < 4.78 is 13.2. The van der Waals surface area contributed by atoms with Crippen LogP contribution in [-0.2, 0) is 11.2 Å². The van der Waals surface area contributed by atoms with Crippen LogP contribution >= 0.6 is 0 Å². The van der Waals surface area contributed by atoms with Gasteiger partial charge in [-0.25, -0.2) is 4.39 Å². The van der Waals surface area contributed by atoms with Crippen LogP contribution in [0.15, 0.2) is 78.9 Å². The highest BCUT2D eigenvalue weighted by atomic mass is 19.1. The van der Waals surface area contributed by atoms with Crippen molar-refractivity contribution in [3.8, 4) is 0 Å². The van der Waals surface area contributed by atoms with Gasteiger partial charge in [0.25, 0.3) is 5.91 Å². The van der Waals surface area contributed by atoms with E-state index in [0.717, 1.165) is 24.8 Å². The number of nitrogens with two attached hydrogens (primary N) is 1. The van der Waals surface area contributed by atoms with Gasteiger partial charge >= 0.3 is 0 Å². The summed E-state index contributed by atoms with van der Waals surface area (Å²) in [5.41, 5.74) is 4.26. The van der Waals surface area contributed by atoms with E-state index < -0.39 is 0 Å². The molecule has 3 aromatic carbocycles. The summed E-state index contributed by atoms with van der Waals surface area (Å²) in [7, 11) is 0. The largest absolute Gasteiger partial charge is 0.326 e. The molecule has 0 unspecified atom stereocenters. The van der Waals surface area contributed by atoms with E-state index >= 15 is 0 Å². The number of rotatable bonds is 5. The van der Waals surface area contributed by atoms with Gasteiger partial charge in [0, 0.05) is 23.2 Å². The number of amides is 1. The standard InChI is InChI=1S/C24H23FN2O/c25-19-13-15-20(16-14-19)26-24(28)23(18-8-2-1-3-9-18)27-22-12-6-10-17-7-4-5-11-21(17)22/h1-5,7-9,11,13-16,22-23,27H,6,10,12H2,(H,26,28)/p+1/t22-,23+/m1/s1. The zero-order valence-corrected chi connectivity index (χ0v) is 15.6. The maximum atomic E-state index is 13.2. The molecule has 0 saturated heterocycles. The van der Waals surface area contributed by atoms with E-state index in [0.29, 0.717) is 5.69 Å². The topological polar surface area (TPSA) is 45.7 Å². The van der Waals surface area contributed by atoms with Gasteiger partial charge in [-0.15, -0.1) is 0 Å².